The van der Waals surface area contributed by atoms with Gasteiger partial charge in [-0.2, -0.15) is 0 Å². The van der Waals surface area contributed by atoms with Crippen molar-refractivity contribution >= 4 is 17.5 Å². The molecule has 2 aliphatic heterocycles. The average molecular weight is 430 g/mol. The first-order chi connectivity index (χ1) is 15.6. The van der Waals surface area contributed by atoms with E-state index in [0.29, 0.717) is 11.3 Å². The SMILES string of the molecule is COc1ccc([C@@H]2[C@H]3C(=O)N(Cc4ccccc4)C(=O)[C@H]3ON2c2ccccc2)cc1O. The maximum Gasteiger partial charge on any atom is 0.262 e. The van der Waals surface area contributed by atoms with Gasteiger partial charge in [0.25, 0.3) is 5.91 Å². The smallest absolute Gasteiger partial charge is 0.262 e. The summed E-state index contributed by atoms with van der Waals surface area (Å²) < 4.78 is 5.16. The zero-order valence-electron chi connectivity index (χ0n) is 17.4. The van der Waals surface area contributed by atoms with Crippen LogP contribution in [0.3, 0.4) is 0 Å². The molecule has 2 heterocycles. The number of phenols is 1. The van der Waals surface area contributed by atoms with E-state index in [9.17, 15) is 14.7 Å². The molecule has 3 aromatic carbocycles. The van der Waals surface area contributed by atoms with Gasteiger partial charge in [-0.15, -0.1) is 0 Å². The number of imide groups is 1. The van der Waals surface area contributed by atoms with Crippen LogP contribution in [0.5, 0.6) is 11.5 Å². The Kier molecular flexibility index (Phi) is 5.03. The second kappa shape index (κ2) is 8.01. The summed E-state index contributed by atoms with van der Waals surface area (Å²) in [6.45, 7) is 0.195. The molecular weight excluding hydrogens is 408 g/mol. The first-order valence-electron chi connectivity index (χ1n) is 10.4. The van der Waals surface area contributed by atoms with Gasteiger partial charge in [0.05, 0.1) is 25.4 Å². The summed E-state index contributed by atoms with van der Waals surface area (Å²) >= 11 is 0. The molecule has 0 spiro atoms. The predicted molar refractivity (Wildman–Crippen MR) is 117 cm³/mol. The number of ether oxygens (including phenoxy) is 1. The van der Waals surface area contributed by atoms with Crippen LogP contribution in [0, 0.1) is 5.92 Å². The maximum atomic E-state index is 13.5. The second-order valence-electron chi connectivity index (χ2n) is 7.84. The number of anilines is 1. The summed E-state index contributed by atoms with van der Waals surface area (Å²) in [6.07, 6.45) is -0.930. The van der Waals surface area contributed by atoms with Crippen molar-refractivity contribution in [2.45, 2.75) is 18.7 Å². The van der Waals surface area contributed by atoms with Gasteiger partial charge >= 0.3 is 0 Å². The number of aromatic hydroxyl groups is 1. The maximum absolute atomic E-state index is 13.5. The van der Waals surface area contributed by atoms with Gasteiger partial charge < -0.3 is 9.84 Å². The van der Waals surface area contributed by atoms with Crippen molar-refractivity contribution in [1.29, 1.82) is 0 Å². The third-order valence-corrected chi connectivity index (χ3v) is 5.95. The monoisotopic (exact) mass is 430 g/mol. The standard InChI is InChI=1S/C25H22N2O5/c1-31-20-13-12-17(14-19(20)28)22-21-23(32-27(22)18-10-6-3-7-11-18)25(30)26(24(21)29)15-16-8-4-2-5-9-16/h2-14,21-23,28H,15H2,1H3/t21-,22-,23+/m1/s1. The highest BCUT2D eigenvalue weighted by Crippen LogP contribution is 2.48. The summed E-state index contributed by atoms with van der Waals surface area (Å²) in [5.74, 6) is -1.10. The summed E-state index contributed by atoms with van der Waals surface area (Å²) in [5, 5.41) is 12.0. The van der Waals surface area contributed by atoms with Gasteiger partial charge in [0, 0.05) is 0 Å². The van der Waals surface area contributed by atoms with Gasteiger partial charge in [0.2, 0.25) is 5.91 Å². The molecule has 0 radical (unpaired) electrons. The quantitative estimate of drug-likeness (QED) is 0.625. The lowest BCUT2D eigenvalue weighted by molar-refractivity contribution is -0.143. The molecule has 7 heteroatoms. The van der Waals surface area contributed by atoms with Crippen molar-refractivity contribution in [3.8, 4) is 11.5 Å². The number of fused-ring (bicyclic) bond motifs is 1. The van der Waals surface area contributed by atoms with Crippen molar-refractivity contribution in [2.75, 3.05) is 12.2 Å². The fourth-order valence-corrected chi connectivity index (χ4v) is 4.42. The van der Waals surface area contributed by atoms with E-state index in [2.05, 4.69) is 0 Å². The van der Waals surface area contributed by atoms with Gasteiger partial charge in [0.1, 0.15) is 5.92 Å². The fraction of sp³-hybridized carbons (Fsp3) is 0.200. The molecule has 2 fully saturated rings. The highest BCUT2D eigenvalue weighted by atomic mass is 16.7. The van der Waals surface area contributed by atoms with Crippen LogP contribution in [-0.4, -0.2) is 35.0 Å². The molecule has 0 unspecified atom stereocenters. The van der Waals surface area contributed by atoms with Gasteiger partial charge in [0.15, 0.2) is 17.6 Å². The number of likely N-dealkylation sites (tertiary alicyclic amines) is 1. The Morgan fingerprint density at radius 1 is 0.938 bits per heavy atom. The molecule has 2 saturated heterocycles. The molecule has 7 nitrogen and oxygen atoms in total. The Morgan fingerprint density at radius 3 is 2.28 bits per heavy atom. The van der Waals surface area contributed by atoms with Crippen molar-refractivity contribution in [2.24, 2.45) is 5.92 Å². The van der Waals surface area contributed by atoms with E-state index in [0.717, 1.165) is 11.3 Å². The molecule has 3 aromatic rings. The number of rotatable bonds is 5. The molecule has 2 amide bonds. The van der Waals surface area contributed by atoms with Gasteiger partial charge in [-0.05, 0) is 35.4 Å². The molecule has 5 rings (SSSR count). The summed E-state index contributed by atoms with van der Waals surface area (Å²) in [4.78, 5) is 34.0. The number of hydrogen-bond acceptors (Lipinski definition) is 6. The van der Waals surface area contributed by atoms with E-state index in [4.69, 9.17) is 9.57 Å². The van der Waals surface area contributed by atoms with Crippen molar-refractivity contribution in [3.05, 3.63) is 90.0 Å². The largest absolute Gasteiger partial charge is 0.504 e. The Balaban J connectivity index is 1.54. The Hall–Kier alpha value is -3.84. The number of carbonyl (C=O) groups is 2. The van der Waals surface area contributed by atoms with Gasteiger partial charge in [-0.3, -0.25) is 19.3 Å². The Bertz CT molecular complexity index is 1150. The molecule has 0 saturated carbocycles. The van der Waals surface area contributed by atoms with Crippen LogP contribution >= 0.6 is 0 Å². The zero-order chi connectivity index (χ0) is 22.2. The molecule has 0 aliphatic carbocycles. The van der Waals surface area contributed by atoms with Crippen LogP contribution < -0.4 is 9.80 Å². The summed E-state index contributed by atoms with van der Waals surface area (Å²) in [7, 11) is 1.47. The molecular formula is C25H22N2O5. The number of nitrogens with zero attached hydrogens (tertiary/aromatic N) is 2. The van der Waals surface area contributed by atoms with E-state index in [1.54, 1.807) is 23.3 Å². The van der Waals surface area contributed by atoms with Crippen LogP contribution in [0.25, 0.3) is 0 Å². The number of amides is 2. The first-order valence-corrected chi connectivity index (χ1v) is 10.4. The van der Waals surface area contributed by atoms with E-state index in [1.165, 1.54) is 12.0 Å². The number of phenolic OH excluding ortho intramolecular Hbond substituents is 1. The minimum absolute atomic E-state index is 0.0422. The number of methoxy groups -OCH3 is 1. The third-order valence-electron chi connectivity index (χ3n) is 5.95. The van der Waals surface area contributed by atoms with Crippen molar-refractivity contribution < 1.29 is 24.3 Å². The van der Waals surface area contributed by atoms with Gasteiger partial charge in [-0.1, -0.05) is 54.6 Å². The Morgan fingerprint density at radius 2 is 1.62 bits per heavy atom. The van der Waals surface area contributed by atoms with Crippen LogP contribution in [0.2, 0.25) is 0 Å². The Labute approximate surface area is 185 Å². The third kappa shape index (κ3) is 3.27. The van der Waals surface area contributed by atoms with Crippen molar-refractivity contribution in [3.63, 3.8) is 0 Å². The van der Waals surface area contributed by atoms with E-state index >= 15 is 0 Å². The highest BCUT2D eigenvalue weighted by Gasteiger charge is 2.59. The number of para-hydroxylation sites is 1. The van der Waals surface area contributed by atoms with Gasteiger partial charge in [-0.25, -0.2) is 5.06 Å². The predicted octanol–water partition coefficient (Wildman–Crippen LogP) is 3.45. The summed E-state index contributed by atoms with van der Waals surface area (Å²) in [5.41, 5.74) is 2.24. The normalized spacial score (nSPS) is 22.3. The average Bonchev–Trinajstić information content (AvgIpc) is 3.32. The topological polar surface area (TPSA) is 79.3 Å². The van der Waals surface area contributed by atoms with E-state index in [-0.39, 0.29) is 24.1 Å². The molecule has 2 aliphatic rings. The van der Waals surface area contributed by atoms with E-state index in [1.807, 2.05) is 60.7 Å². The summed E-state index contributed by atoms with van der Waals surface area (Å²) in [6, 6.07) is 23.1. The van der Waals surface area contributed by atoms with Crippen LogP contribution in [0.4, 0.5) is 5.69 Å². The van der Waals surface area contributed by atoms with Crippen LogP contribution in [0.1, 0.15) is 17.2 Å². The molecule has 32 heavy (non-hydrogen) atoms. The van der Waals surface area contributed by atoms with Crippen LogP contribution in [0.15, 0.2) is 78.9 Å². The second-order valence-corrected chi connectivity index (χ2v) is 7.84. The fourth-order valence-electron chi connectivity index (χ4n) is 4.42. The van der Waals surface area contributed by atoms with E-state index < -0.39 is 18.1 Å². The molecule has 162 valence electrons. The van der Waals surface area contributed by atoms with Crippen LogP contribution in [-0.2, 0) is 21.0 Å². The number of benzene rings is 3. The number of hydrogen-bond donors (Lipinski definition) is 1. The molecule has 0 bridgehead atoms. The number of hydroxylamine groups is 1. The minimum atomic E-state index is -0.930. The van der Waals surface area contributed by atoms with Crippen molar-refractivity contribution in [1.82, 2.24) is 4.90 Å². The minimum Gasteiger partial charge on any atom is -0.504 e. The molecule has 1 N–H and O–H groups in total. The highest BCUT2D eigenvalue weighted by molar-refractivity contribution is 6.07. The lowest BCUT2D eigenvalue weighted by Crippen LogP contribution is -2.36. The molecule has 0 aromatic heterocycles. The zero-order valence-corrected chi connectivity index (χ0v) is 17.4. The number of carbonyl (C=O) groups excluding carboxylic acids is 2. The first kappa shape index (κ1) is 20.1. The lowest BCUT2D eigenvalue weighted by Gasteiger charge is -2.29. The molecule has 3 atom stereocenters. The lowest BCUT2D eigenvalue weighted by atomic mass is 9.90.